The summed E-state index contributed by atoms with van der Waals surface area (Å²) >= 11 is 1.92. The maximum Gasteiger partial charge on any atom is 0.0581 e. The Morgan fingerprint density at radius 2 is 2.11 bits per heavy atom. The molecule has 0 bridgehead atoms. The highest BCUT2D eigenvalue weighted by atomic mass is 32.1. The van der Waals surface area contributed by atoms with Gasteiger partial charge in [-0.1, -0.05) is 27.2 Å². The Hall–Kier alpha value is -0.380. The van der Waals surface area contributed by atoms with E-state index >= 15 is 0 Å². The van der Waals surface area contributed by atoms with E-state index in [1.54, 1.807) is 0 Å². The van der Waals surface area contributed by atoms with Gasteiger partial charge >= 0.3 is 0 Å². The highest BCUT2D eigenvalue weighted by Gasteiger charge is 2.31. The Morgan fingerprint density at radius 1 is 1.33 bits per heavy atom. The topological polar surface area (TPSA) is 38.0 Å². The van der Waals surface area contributed by atoms with Crippen LogP contribution in [0, 0.1) is 17.8 Å². The third-order valence-electron chi connectivity index (χ3n) is 4.63. The van der Waals surface area contributed by atoms with Gasteiger partial charge in [0.1, 0.15) is 0 Å². The third kappa shape index (κ3) is 2.95. The largest absolute Gasteiger partial charge is 0.271 e. The van der Waals surface area contributed by atoms with Gasteiger partial charge in [-0.2, -0.15) is 0 Å². The van der Waals surface area contributed by atoms with Crippen LogP contribution in [0.1, 0.15) is 55.8 Å². The first kappa shape index (κ1) is 14.0. The van der Waals surface area contributed by atoms with Crippen molar-refractivity contribution in [2.75, 3.05) is 0 Å². The molecule has 1 saturated carbocycles. The molecule has 1 heterocycles. The molecule has 1 aromatic rings. The van der Waals surface area contributed by atoms with Crippen molar-refractivity contribution in [3.05, 3.63) is 21.9 Å². The molecule has 102 valence electrons. The van der Waals surface area contributed by atoms with Crippen LogP contribution in [-0.4, -0.2) is 0 Å². The molecular weight excluding hydrogens is 240 g/mol. The molecule has 0 aromatic carbocycles. The fourth-order valence-electron chi connectivity index (χ4n) is 3.09. The summed E-state index contributed by atoms with van der Waals surface area (Å²) < 4.78 is 0. The van der Waals surface area contributed by atoms with E-state index < -0.39 is 0 Å². The highest BCUT2D eigenvalue weighted by Crippen LogP contribution is 2.41. The van der Waals surface area contributed by atoms with Gasteiger partial charge in [0.25, 0.3) is 0 Å². The Kier molecular flexibility index (Phi) is 4.82. The highest BCUT2D eigenvalue weighted by molar-refractivity contribution is 7.12. The summed E-state index contributed by atoms with van der Waals surface area (Å²) in [6, 6.07) is 4.86. The number of nitrogens with one attached hydrogen (secondary N) is 1. The summed E-state index contributed by atoms with van der Waals surface area (Å²) in [5, 5.41) is 0. The number of thiophene rings is 1. The summed E-state index contributed by atoms with van der Waals surface area (Å²) in [6.07, 6.45) is 5.07. The minimum absolute atomic E-state index is 0.352. The van der Waals surface area contributed by atoms with Gasteiger partial charge in [-0.05, 0) is 49.1 Å². The summed E-state index contributed by atoms with van der Waals surface area (Å²) in [5.74, 6) is 8.22. The second-order valence-electron chi connectivity index (χ2n) is 5.83. The smallest absolute Gasteiger partial charge is 0.0581 e. The van der Waals surface area contributed by atoms with Crippen molar-refractivity contribution >= 4 is 11.3 Å². The van der Waals surface area contributed by atoms with Gasteiger partial charge in [-0.15, -0.1) is 11.3 Å². The van der Waals surface area contributed by atoms with Crippen LogP contribution in [-0.2, 0) is 6.42 Å². The molecule has 0 spiro atoms. The standard InChI is InChI=1S/C15H26N2S/c1-4-13-7-8-14(18-13)15(17-16)12-6-5-10(2)11(3)9-12/h7-8,10-12,15,17H,4-6,9,16H2,1-3H3. The van der Waals surface area contributed by atoms with Crippen molar-refractivity contribution in [2.45, 2.75) is 52.5 Å². The van der Waals surface area contributed by atoms with E-state index in [2.05, 4.69) is 38.3 Å². The van der Waals surface area contributed by atoms with Crippen LogP contribution in [0.2, 0.25) is 0 Å². The summed E-state index contributed by atoms with van der Waals surface area (Å²) in [6.45, 7) is 6.98. The van der Waals surface area contributed by atoms with Gasteiger partial charge < -0.3 is 0 Å². The minimum Gasteiger partial charge on any atom is -0.271 e. The predicted molar refractivity (Wildman–Crippen MR) is 79.4 cm³/mol. The molecule has 0 aliphatic heterocycles. The maximum absolute atomic E-state index is 5.82. The maximum atomic E-state index is 5.82. The number of nitrogens with two attached hydrogens (primary N) is 1. The Morgan fingerprint density at radius 3 is 2.67 bits per heavy atom. The fraction of sp³-hybridized carbons (Fsp3) is 0.733. The van der Waals surface area contributed by atoms with Crippen LogP contribution < -0.4 is 11.3 Å². The Balaban J connectivity index is 2.08. The minimum atomic E-state index is 0.352. The van der Waals surface area contributed by atoms with E-state index in [-0.39, 0.29) is 0 Å². The molecule has 1 fully saturated rings. The van der Waals surface area contributed by atoms with E-state index in [1.807, 2.05) is 11.3 Å². The van der Waals surface area contributed by atoms with Gasteiger partial charge in [0, 0.05) is 9.75 Å². The van der Waals surface area contributed by atoms with Gasteiger partial charge in [0.2, 0.25) is 0 Å². The van der Waals surface area contributed by atoms with E-state index in [9.17, 15) is 0 Å². The molecule has 3 N–H and O–H groups in total. The van der Waals surface area contributed by atoms with Crippen molar-refractivity contribution < 1.29 is 0 Å². The molecule has 1 aliphatic carbocycles. The first-order valence-corrected chi connectivity index (χ1v) is 8.02. The van der Waals surface area contributed by atoms with Crippen LogP contribution in [0.15, 0.2) is 12.1 Å². The lowest BCUT2D eigenvalue weighted by molar-refractivity contribution is 0.173. The molecule has 2 nitrogen and oxygen atoms in total. The monoisotopic (exact) mass is 266 g/mol. The van der Waals surface area contributed by atoms with Crippen LogP contribution in [0.5, 0.6) is 0 Å². The molecule has 2 rings (SSSR count). The van der Waals surface area contributed by atoms with Crippen molar-refractivity contribution in [3.8, 4) is 0 Å². The SMILES string of the molecule is CCc1ccc(C(NN)C2CCC(C)C(C)C2)s1. The van der Waals surface area contributed by atoms with E-state index in [4.69, 9.17) is 5.84 Å². The molecule has 0 amide bonds. The zero-order valence-electron chi connectivity index (χ0n) is 11.8. The molecule has 1 aromatic heterocycles. The van der Waals surface area contributed by atoms with Gasteiger partial charge in [0.15, 0.2) is 0 Å². The van der Waals surface area contributed by atoms with Gasteiger partial charge in [-0.3, -0.25) is 11.3 Å². The fourth-order valence-corrected chi connectivity index (χ4v) is 4.20. The van der Waals surface area contributed by atoms with Crippen LogP contribution in [0.25, 0.3) is 0 Å². The second kappa shape index (κ2) is 6.18. The first-order valence-electron chi connectivity index (χ1n) is 7.20. The van der Waals surface area contributed by atoms with Crippen molar-refractivity contribution in [1.82, 2.24) is 5.43 Å². The number of hydrogen-bond acceptors (Lipinski definition) is 3. The Bertz CT molecular complexity index is 374. The van der Waals surface area contributed by atoms with Gasteiger partial charge in [-0.25, -0.2) is 0 Å². The lowest BCUT2D eigenvalue weighted by Crippen LogP contribution is -2.36. The van der Waals surface area contributed by atoms with E-state index in [0.717, 1.165) is 18.3 Å². The van der Waals surface area contributed by atoms with Crippen molar-refractivity contribution in [3.63, 3.8) is 0 Å². The lowest BCUT2D eigenvalue weighted by atomic mass is 9.73. The third-order valence-corrected chi connectivity index (χ3v) is 5.94. The zero-order valence-corrected chi connectivity index (χ0v) is 12.6. The quantitative estimate of drug-likeness (QED) is 0.641. The second-order valence-corrected chi connectivity index (χ2v) is 7.03. The van der Waals surface area contributed by atoms with Crippen LogP contribution in [0.4, 0.5) is 0 Å². The molecule has 4 atom stereocenters. The summed E-state index contributed by atoms with van der Waals surface area (Å²) in [4.78, 5) is 2.88. The molecule has 1 aliphatic rings. The molecule has 3 heteroatoms. The molecule has 18 heavy (non-hydrogen) atoms. The van der Waals surface area contributed by atoms with Crippen LogP contribution in [0.3, 0.4) is 0 Å². The molecule has 0 saturated heterocycles. The predicted octanol–water partition coefficient (Wildman–Crippen LogP) is 3.89. The molecule has 4 unspecified atom stereocenters. The number of hydrazine groups is 1. The van der Waals surface area contributed by atoms with Crippen molar-refractivity contribution in [2.24, 2.45) is 23.6 Å². The molecule has 0 radical (unpaired) electrons. The van der Waals surface area contributed by atoms with Crippen LogP contribution >= 0.6 is 11.3 Å². The average Bonchev–Trinajstić information content (AvgIpc) is 2.83. The summed E-state index contributed by atoms with van der Waals surface area (Å²) in [7, 11) is 0. The van der Waals surface area contributed by atoms with Crippen molar-refractivity contribution in [1.29, 1.82) is 0 Å². The number of hydrogen-bond donors (Lipinski definition) is 2. The zero-order chi connectivity index (χ0) is 13.1. The number of rotatable bonds is 4. The number of aryl methyl sites for hydroxylation is 1. The molecular formula is C15H26N2S. The van der Waals surface area contributed by atoms with E-state index in [1.165, 1.54) is 29.0 Å². The first-order chi connectivity index (χ1) is 8.65. The van der Waals surface area contributed by atoms with E-state index in [0.29, 0.717) is 12.0 Å². The van der Waals surface area contributed by atoms with Gasteiger partial charge in [0.05, 0.1) is 6.04 Å². The Labute approximate surface area is 115 Å². The lowest BCUT2D eigenvalue weighted by Gasteiger charge is -2.36. The normalized spacial score (nSPS) is 30.3. The summed E-state index contributed by atoms with van der Waals surface area (Å²) in [5.41, 5.74) is 3.07. The average molecular weight is 266 g/mol.